The summed E-state index contributed by atoms with van der Waals surface area (Å²) in [7, 11) is -2.18. The number of amides is 1. The molecule has 11 heteroatoms. The Morgan fingerprint density at radius 2 is 1.43 bits per heavy atom. The van der Waals surface area contributed by atoms with Crippen molar-refractivity contribution < 1.29 is 40.3 Å². The zero-order valence-electron chi connectivity index (χ0n) is 20.5. The predicted molar refractivity (Wildman–Crippen MR) is 121 cm³/mol. The van der Waals surface area contributed by atoms with Crippen LogP contribution in [0.1, 0.15) is 53.5 Å². The van der Waals surface area contributed by atoms with Crippen LogP contribution in [0, 0.1) is 46.6 Å². The summed E-state index contributed by atoms with van der Waals surface area (Å²) in [4.78, 5) is 12.9. The van der Waals surface area contributed by atoms with Crippen molar-refractivity contribution in [2.45, 2.75) is 70.8 Å². The number of alkyl halides is 3. The third-order valence-electron chi connectivity index (χ3n) is 6.83. The highest BCUT2D eigenvalue weighted by Gasteiger charge is 2.44. The Kier molecular flexibility index (Phi) is 9.09. The van der Waals surface area contributed by atoms with E-state index in [1.807, 2.05) is 0 Å². The average Bonchev–Trinajstić information content (AvgIpc) is 2.74. The van der Waals surface area contributed by atoms with Gasteiger partial charge in [0.25, 0.3) is 0 Å². The third-order valence-corrected chi connectivity index (χ3v) is 13.1. The molecule has 35 heavy (non-hydrogen) atoms. The van der Waals surface area contributed by atoms with E-state index in [1.54, 1.807) is 5.32 Å². The molecular formula is C24H30F7NO2Si. The molecule has 1 fully saturated rings. The molecule has 1 aromatic rings. The maximum Gasteiger partial charge on any atom is 0.422 e. The van der Waals surface area contributed by atoms with Crippen LogP contribution in [0.15, 0.2) is 0 Å². The minimum Gasteiger partial charge on any atom is -0.380 e. The van der Waals surface area contributed by atoms with Gasteiger partial charge in [0.1, 0.15) is 19.3 Å². The molecule has 1 aromatic carbocycles. The summed E-state index contributed by atoms with van der Waals surface area (Å²) in [5, 5.41) is 1.76. The molecule has 0 unspecified atom stereocenters. The first-order valence-electron chi connectivity index (χ1n) is 11.4. The van der Waals surface area contributed by atoms with Gasteiger partial charge in [0.15, 0.2) is 23.3 Å². The lowest BCUT2D eigenvalue weighted by atomic mass is 9.88. The lowest BCUT2D eigenvalue weighted by molar-refractivity contribution is -0.143. The topological polar surface area (TPSA) is 38.3 Å². The van der Waals surface area contributed by atoms with Crippen molar-refractivity contribution in [3.8, 4) is 11.5 Å². The molecule has 2 atom stereocenters. The fourth-order valence-corrected chi connectivity index (χ4v) is 10.4. The number of halogens is 7. The van der Waals surface area contributed by atoms with E-state index in [-0.39, 0.29) is 19.6 Å². The number of hydrogen-bond acceptors (Lipinski definition) is 2. The summed E-state index contributed by atoms with van der Waals surface area (Å²) in [6.45, 7) is 12.8. The molecular weight excluding hydrogens is 495 g/mol. The normalized spacial score (nSPS) is 19.2. The predicted octanol–water partition coefficient (Wildman–Crippen LogP) is 7.07. The van der Waals surface area contributed by atoms with Crippen molar-refractivity contribution in [2.75, 3.05) is 18.5 Å². The van der Waals surface area contributed by atoms with E-state index < -0.39 is 66.5 Å². The van der Waals surface area contributed by atoms with E-state index in [9.17, 15) is 35.5 Å². The van der Waals surface area contributed by atoms with E-state index in [4.69, 9.17) is 4.74 Å². The van der Waals surface area contributed by atoms with E-state index in [2.05, 4.69) is 53.0 Å². The second kappa shape index (κ2) is 10.9. The molecule has 2 rings (SSSR count). The third kappa shape index (κ3) is 5.69. The van der Waals surface area contributed by atoms with Crippen LogP contribution in [0.4, 0.5) is 36.4 Å². The molecule has 1 amide bonds. The molecule has 3 nitrogen and oxygen atoms in total. The van der Waals surface area contributed by atoms with Crippen LogP contribution >= 0.6 is 0 Å². The summed E-state index contributed by atoms with van der Waals surface area (Å²) in [5.41, 5.74) is 0.0465. The van der Waals surface area contributed by atoms with Crippen LogP contribution in [0.3, 0.4) is 0 Å². The Morgan fingerprint density at radius 3 is 1.86 bits per heavy atom. The Morgan fingerprint density at radius 1 is 0.943 bits per heavy atom. The zero-order valence-corrected chi connectivity index (χ0v) is 21.5. The van der Waals surface area contributed by atoms with Crippen LogP contribution in [0.5, 0.6) is 0 Å². The summed E-state index contributed by atoms with van der Waals surface area (Å²) in [6.07, 6.45) is -5.56. The Balaban J connectivity index is 2.44. The van der Waals surface area contributed by atoms with Crippen molar-refractivity contribution in [3.63, 3.8) is 0 Å². The van der Waals surface area contributed by atoms with Crippen LogP contribution in [-0.2, 0) is 15.7 Å². The van der Waals surface area contributed by atoms with Crippen LogP contribution in [0.2, 0.25) is 16.6 Å². The quantitative estimate of drug-likeness (QED) is 0.193. The minimum absolute atomic E-state index is 0.0601. The maximum atomic E-state index is 14.3. The van der Waals surface area contributed by atoms with Gasteiger partial charge in [-0.25, -0.2) is 17.6 Å². The molecule has 0 saturated carbocycles. The van der Waals surface area contributed by atoms with E-state index in [1.165, 1.54) is 0 Å². The summed E-state index contributed by atoms with van der Waals surface area (Å²) < 4.78 is 100. The van der Waals surface area contributed by atoms with Crippen LogP contribution < -0.4 is 5.32 Å². The van der Waals surface area contributed by atoms with E-state index >= 15 is 0 Å². The fourth-order valence-electron chi connectivity index (χ4n) is 5.05. The molecule has 0 spiro atoms. The highest BCUT2D eigenvalue weighted by Crippen LogP contribution is 2.41. The van der Waals surface area contributed by atoms with Gasteiger partial charge in [-0.1, -0.05) is 41.5 Å². The standard InChI is InChI=1S/C24H30F7NO2Si/c1-12(2)35(13(3)4,14(5)6)10-8-15-11-34-9-7-16(15)23(33)32-22-20(27)18(25)17(24(29,30)31)19(26)21(22)28/h12-16H,7,9,11H2,1-6H3,(H,32,33)/t15-,16+/m0/s1. The van der Waals surface area contributed by atoms with Gasteiger partial charge in [0.2, 0.25) is 5.91 Å². The van der Waals surface area contributed by atoms with Gasteiger partial charge in [-0.2, -0.15) is 13.2 Å². The molecule has 0 aliphatic carbocycles. The average molecular weight is 526 g/mol. The number of carbonyl (C=O) groups is 1. The number of ether oxygens (including phenoxy) is 1. The summed E-state index contributed by atoms with van der Waals surface area (Å²) in [5.74, 6) is -9.38. The van der Waals surface area contributed by atoms with E-state index in [0.29, 0.717) is 16.6 Å². The lowest BCUT2D eigenvalue weighted by Gasteiger charge is -2.38. The highest BCUT2D eigenvalue weighted by molar-refractivity contribution is 6.90. The van der Waals surface area contributed by atoms with Gasteiger partial charge < -0.3 is 10.1 Å². The molecule has 1 saturated heterocycles. The number of nitrogens with one attached hydrogen (secondary N) is 1. The lowest BCUT2D eigenvalue weighted by Crippen LogP contribution is -2.44. The Hall–Kier alpha value is -2.06. The molecule has 1 aliphatic rings. The number of carbonyl (C=O) groups excluding carboxylic acids is 1. The summed E-state index contributed by atoms with van der Waals surface area (Å²) >= 11 is 0. The van der Waals surface area contributed by atoms with Gasteiger partial charge >= 0.3 is 6.18 Å². The highest BCUT2D eigenvalue weighted by atomic mass is 28.3. The maximum absolute atomic E-state index is 14.3. The second-order valence-corrected chi connectivity index (χ2v) is 15.3. The van der Waals surface area contributed by atoms with Gasteiger partial charge in [-0.3, -0.25) is 4.79 Å². The van der Waals surface area contributed by atoms with Crippen molar-refractivity contribution in [1.82, 2.24) is 0 Å². The molecule has 1 aliphatic heterocycles. The van der Waals surface area contributed by atoms with E-state index in [0.717, 1.165) is 0 Å². The first-order valence-corrected chi connectivity index (χ1v) is 13.6. The Bertz CT molecular complexity index is 961. The SMILES string of the molecule is CC(C)[Si](C#C[C@H]1COCC[C@H]1C(=O)Nc1c(F)c(F)c(C(F)(F)F)c(F)c1F)(C(C)C)C(C)C. The second-order valence-electron chi connectivity index (χ2n) is 9.74. The first-order chi connectivity index (χ1) is 16.1. The van der Waals surface area contributed by atoms with Gasteiger partial charge in [0, 0.05) is 6.61 Å². The van der Waals surface area contributed by atoms with Crippen molar-refractivity contribution in [1.29, 1.82) is 0 Å². The number of anilines is 1. The Labute approximate surface area is 201 Å². The van der Waals surface area contributed by atoms with Crippen molar-refractivity contribution >= 4 is 19.7 Å². The van der Waals surface area contributed by atoms with Crippen LogP contribution in [-0.4, -0.2) is 27.2 Å². The molecule has 0 radical (unpaired) electrons. The molecule has 1 N–H and O–H groups in total. The molecule has 0 aromatic heterocycles. The molecule has 196 valence electrons. The monoisotopic (exact) mass is 525 g/mol. The molecule has 0 bridgehead atoms. The zero-order chi connectivity index (χ0) is 26.9. The van der Waals surface area contributed by atoms with Gasteiger partial charge in [-0.05, 0) is 23.0 Å². The largest absolute Gasteiger partial charge is 0.422 e. The molecule has 1 heterocycles. The van der Waals surface area contributed by atoms with Gasteiger partial charge in [0.05, 0.1) is 18.4 Å². The fraction of sp³-hybridized carbons (Fsp3) is 0.625. The first kappa shape index (κ1) is 29.2. The minimum atomic E-state index is -5.67. The van der Waals surface area contributed by atoms with Crippen molar-refractivity contribution in [2.24, 2.45) is 11.8 Å². The number of benzene rings is 1. The summed E-state index contributed by atoms with van der Waals surface area (Å²) in [6, 6.07) is 0. The smallest absolute Gasteiger partial charge is 0.380 e. The number of rotatable bonds is 5. The number of hydrogen-bond donors (Lipinski definition) is 1. The van der Waals surface area contributed by atoms with Crippen LogP contribution in [0.25, 0.3) is 0 Å². The van der Waals surface area contributed by atoms with Crippen molar-refractivity contribution in [3.05, 3.63) is 28.8 Å². The van der Waals surface area contributed by atoms with Gasteiger partial charge in [-0.15, -0.1) is 11.5 Å².